The highest BCUT2D eigenvalue weighted by Crippen LogP contribution is 2.38. The number of esters is 1. The Morgan fingerprint density at radius 3 is 2.50 bits per heavy atom. The Morgan fingerprint density at radius 1 is 1.39 bits per heavy atom. The second kappa shape index (κ2) is 5.56. The number of hydrogen-bond acceptors (Lipinski definition) is 2. The first-order valence-electron chi connectivity index (χ1n) is 4.97. The summed E-state index contributed by atoms with van der Waals surface area (Å²) < 4.78 is 55.3. The van der Waals surface area contributed by atoms with Gasteiger partial charge in [-0.05, 0) is 18.6 Å². The molecule has 0 saturated carbocycles. The van der Waals surface area contributed by atoms with Crippen molar-refractivity contribution in [1.82, 2.24) is 0 Å². The molecule has 0 aliphatic heterocycles. The van der Waals surface area contributed by atoms with Crippen LogP contribution in [-0.2, 0) is 22.1 Å². The normalized spacial score (nSPS) is 11.4. The van der Waals surface area contributed by atoms with Crippen molar-refractivity contribution in [1.29, 1.82) is 0 Å². The minimum atomic E-state index is -4.91. The Morgan fingerprint density at radius 2 is 2.00 bits per heavy atom. The SMILES string of the molecule is CCOC(=O)Cc1ccc(F)c(C(F)(F)F)c1Cl. The summed E-state index contributed by atoms with van der Waals surface area (Å²) in [6, 6.07) is 1.66. The number of rotatable bonds is 3. The molecule has 18 heavy (non-hydrogen) atoms. The molecule has 7 heteroatoms. The van der Waals surface area contributed by atoms with Crippen molar-refractivity contribution in [2.75, 3.05) is 6.61 Å². The lowest BCUT2D eigenvalue weighted by Crippen LogP contribution is -2.13. The summed E-state index contributed by atoms with van der Waals surface area (Å²) in [5.41, 5.74) is -1.69. The van der Waals surface area contributed by atoms with E-state index in [4.69, 9.17) is 11.6 Å². The maximum atomic E-state index is 13.1. The lowest BCUT2D eigenvalue weighted by atomic mass is 10.1. The summed E-state index contributed by atoms with van der Waals surface area (Å²) in [4.78, 5) is 11.2. The standard InChI is InChI=1S/C11H9ClF4O2/c1-2-18-8(17)5-6-3-4-7(13)9(10(6)12)11(14,15)16/h3-4H,2,5H2,1H3. The highest BCUT2D eigenvalue weighted by atomic mass is 35.5. The van der Waals surface area contributed by atoms with E-state index in [1.54, 1.807) is 6.92 Å². The number of ether oxygens (including phenoxy) is 1. The smallest absolute Gasteiger partial charge is 0.420 e. The minimum absolute atomic E-state index is 0.101. The van der Waals surface area contributed by atoms with Gasteiger partial charge in [0.25, 0.3) is 0 Å². The summed E-state index contributed by atoms with van der Waals surface area (Å²) >= 11 is 5.48. The number of alkyl halides is 3. The fourth-order valence-electron chi connectivity index (χ4n) is 1.36. The van der Waals surface area contributed by atoms with Gasteiger partial charge >= 0.3 is 12.1 Å². The van der Waals surface area contributed by atoms with E-state index in [1.165, 1.54) is 0 Å². The van der Waals surface area contributed by atoms with E-state index in [0.717, 1.165) is 6.07 Å². The number of hydrogen-bond donors (Lipinski definition) is 0. The maximum absolute atomic E-state index is 13.1. The molecule has 0 spiro atoms. The maximum Gasteiger partial charge on any atom is 0.420 e. The molecular weight excluding hydrogens is 276 g/mol. The van der Waals surface area contributed by atoms with E-state index < -0.39 is 35.0 Å². The van der Waals surface area contributed by atoms with Crippen LogP contribution in [0.25, 0.3) is 0 Å². The topological polar surface area (TPSA) is 26.3 Å². The molecule has 0 atom stereocenters. The predicted octanol–water partition coefficient (Wildman–Crippen LogP) is 3.60. The van der Waals surface area contributed by atoms with E-state index in [9.17, 15) is 22.4 Å². The molecule has 100 valence electrons. The van der Waals surface area contributed by atoms with Crippen molar-refractivity contribution >= 4 is 17.6 Å². The Kier molecular flexibility index (Phi) is 4.56. The third kappa shape index (κ3) is 3.35. The van der Waals surface area contributed by atoms with Gasteiger partial charge in [0.15, 0.2) is 0 Å². The number of carbonyl (C=O) groups is 1. The largest absolute Gasteiger partial charge is 0.466 e. The van der Waals surface area contributed by atoms with Gasteiger partial charge in [-0.3, -0.25) is 4.79 Å². The average Bonchev–Trinajstić information content (AvgIpc) is 2.21. The molecule has 0 fully saturated rings. The van der Waals surface area contributed by atoms with Crippen LogP contribution in [0.3, 0.4) is 0 Å². The molecule has 0 aliphatic carbocycles. The van der Waals surface area contributed by atoms with Crippen LogP contribution in [-0.4, -0.2) is 12.6 Å². The van der Waals surface area contributed by atoms with E-state index in [0.29, 0.717) is 6.07 Å². The Hall–Kier alpha value is -1.30. The van der Waals surface area contributed by atoms with Gasteiger partial charge in [0.1, 0.15) is 11.4 Å². The molecule has 2 nitrogen and oxygen atoms in total. The summed E-state index contributed by atoms with van der Waals surface area (Å²) in [6.07, 6.45) is -5.35. The molecule has 0 amide bonds. The van der Waals surface area contributed by atoms with Crippen molar-refractivity contribution in [3.05, 3.63) is 34.1 Å². The van der Waals surface area contributed by atoms with Crippen LogP contribution >= 0.6 is 11.6 Å². The van der Waals surface area contributed by atoms with Crippen LogP contribution in [0.2, 0.25) is 5.02 Å². The van der Waals surface area contributed by atoms with E-state index >= 15 is 0 Å². The van der Waals surface area contributed by atoms with E-state index in [-0.39, 0.29) is 12.2 Å². The molecule has 0 bridgehead atoms. The summed E-state index contributed by atoms with van der Waals surface area (Å²) in [6.45, 7) is 1.66. The molecule has 0 heterocycles. The van der Waals surface area contributed by atoms with Crippen LogP contribution < -0.4 is 0 Å². The van der Waals surface area contributed by atoms with Crippen molar-refractivity contribution in [3.63, 3.8) is 0 Å². The number of halogens is 5. The van der Waals surface area contributed by atoms with E-state index in [2.05, 4.69) is 4.74 Å². The van der Waals surface area contributed by atoms with Crippen LogP contribution in [0, 0.1) is 5.82 Å². The van der Waals surface area contributed by atoms with Crippen LogP contribution in [0.1, 0.15) is 18.1 Å². The van der Waals surface area contributed by atoms with Crippen LogP contribution in [0.4, 0.5) is 17.6 Å². The first kappa shape index (κ1) is 14.8. The zero-order chi connectivity index (χ0) is 13.9. The monoisotopic (exact) mass is 284 g/mol. The van der Waals surface area contributed by atoms with Crippen molar-refractivity contribution < 1.29 is 27.1 Å². The molecule has 0 radical (unpaired) electrons. The molecule has 0 aliphatic rings. The second-order valence-corrected chi connectivity index (χ2v) is 3.75. The van der Waals surface area contributed by atoms with Gasteiger partial charge in [0, 0.05) is 0 Å². The number of carbonyl (C=O) groups excluding carboxylic acids is 1. The van der Waals surface area contributed by atoms with Gasteiger partial charge < -0.3 is 4.74 Å². The highest BCUT2D eigenvalue weighted by Gasteiger charge is 2.37. The van der Waals surface area contributed by atoms with Crippen molar-refractivity contribution in [3.8, 4) is 0 Å². The lowest BCUT2D eigenvalue weighted by molar-refractivity contribution is -0.143. The third-order valence-corrected chi connectivity index (χ3v) is 2.53. The highest BCUT2D eigenvalue weighted by molar-refractivity contribution is 6.32. The zero-order valence-electron chi connectivity index (χ0n) is 9.28. The zero-order valence-corrected chi connectivity index (χ0v) is 10.0. The predicted molar refractivity (Wildman–Crippen MR) is 56.7 cm³/mol. The summed E-state index contributed by atoms with van der Waals surface area (Å²) in [5.74, 6) is -2.20. The number of benzene rings is 1. The van der Waals surface area contributed by atoms with E-state index in [1.807, 2.05) is 0 Å². The van der Waals surface area contributed by atoms with Crippen LogP contribution in [0.15, 0.2) is 12.1 Å². The molecule has 0 aromatic heterocycles. The molecule has 0 saturated heterocycles. The van der Waals surface area contributed by atoms with Crippen molar-refractivity contribution in [2.45, 2.75) is 19.5 Å². The Labute approximate surface area is 105 Å². The van der Waals surface area contributed by atoms with Gasteiger partial charge in [-0.2, -0.15) is 13.2 Å². The first-order valence-corrected chi connectivity index (χ1v) is 5.34. The fourth-order valence-corrected chi connectivity index (χ4v) is 1.69. The van der Waals surface area contributed by atoms with Gasteiger partial charge in [0.2, 0.25) is 0 Å². The van der Waals surface area contributed by atoms with Crippen molar-refractivity contribution in [2.24, 2.45) is 0 Å². The van der Waals surface area contributed by atoms with Crippen LogP contribution in [0.5, 0.6) is 0 Å². The average molecular weight is 285 g/mol. The van der Waals surface area contributed by atoms with Gasteiger partial charge in [-0.1, -0.05) is 17.7 Å². The molecule has 0 unspecified atom stereocenters. The lowest BCUT2D eigenvalue weighted by Gasteiger charge is -2.13. The van der Waals surface area contributed by atoms with Gasteiger partial charge in [0.05, 0.1) is 18.1 Å². The second-order valence-electron chi connectivity index (χ2n) is 3.38. The first-order chi connectivity index (χ1) is 8.27. The molecular formula is C11H9ClF4O2. The fraction of sp³-hybridized carbons (Fsp3) is 0.364. The quantitative estimate of drug-likeness (QED) is 0.626. The van der Waals surface area contributed by atoms with Gasteiger partial charge in [-0.25, -0.2) is 4.39 Å². The molecule has 0 N–H and O–H groups in total. The van der Waals surface area contributed by atoms with Gasteiger partial charge in [-0.15, -0.1) is 0 Å². The Balaban J connectivity index is 3.13. The molecule has 1 rings (SSSR count). The third-order valence-electron chi connectivity index (χ3n) is 2.09. The molecule has 1 aromatic carbocycles. The minimum Gasteiger partial charge on any atom is -0.466 e. The summed E-state index contributed by atoms with van der Waals surface area (Å²) in [7, 11) is 0. The summed E-state index contributed by atoms with van der Waals surface area (Å²) in [5, 5.41) is -0.810. The molecule has 1 aromatic rings. The Bertz CT molecular complexity index is 457.